The van der Waals surface area contributed by atoms with Crippen molar-refractivity contribution in [3.05, 3.63) is 34.4 Å². The third-order valence-electron chi connectivity index (χ3n) is 3.35. The Hall–Kier alpha value is -2.33. The maximum atomic E-state index is 12.1. The Kier molecular flexibility index (Phi) is 8.16. The van der Waals surface area contributed by atoms with E-state index < -0.39 is 27.4 Å². The molecule has 0 aliphatic heterocycles. The van der Waals surface area contributed by atoms with Gasteiger partial charge in [0.05, 0.1) is 16.4 Å². The Morgan fingerprint density at radius 1 is 1.24 bits per heavy atom. The minimum Gasteiger partial charge on any atom is -0.272 e. The number of nitro groups is 1. The standard InChI is InChI=1S/C15H22N4O5S/c1-3-5-6-12(4-2)17-18-15(20)11-16-25(23,24)14-9-7-13(8-10-14)19(21)22/h7-10,16H,3-6,11H2,1-2H3,(H,18,20)/b17-12-. The van der Waals surface area contributed by atoms with Gasteiger partial charge in [-0.2, -0.15) is 5.10 Å². The van der Waals surface area contributed by atoms with E-state index in [4.69, 9.17) is 0 Å². The molecular weight excluding hydrogens is 348 g/mol. The van der Waals surface area contributed by atoms with Gasteiger partial charge in [-0.05, 0) is 31.4 Å². The molecule has 138 valence electrons. The molecule has 1 rings (SSSR count). The first-order chi connectivity index (χ1) is 11.8. The van der Waals surface area contributed by atoms with Gasteiger partial charge in [-0.3, -0.25) is 14.9 Å². The minimum atomic E-state index is -3.94. The van der Waals surface area contributed by atoms with Gasteiger partial charge in [-0.15, -0.1) is 0 Å². The molecule has 0 fully saturated rings. The van der Waals surface area contributed by atoms with Gasteiger partial charge in [-0.25, -0.2) is 18.6 Å². The molecule has 9 nitrogen and oxygen atoms in total. The highest BCUT2D eigenvalue weighted by Crippen LogP contribution is 2.15. The summed E-state index contributed by atoms with van der Waals surface area (Å²) in [5, 5.41) is 14.6. The Bertz CT molecular complexity index is 729. The van der Waals surface area contributed by atoms with Crippen LogP contribution in [-0.2, 0) is 14.8 Å². The predicted molar refractivity (Wildman–Crippen MR) is 93.7 cm³/mol. The molecule has 1 aromatic carbocycles. The lowest BCUT2D eigenvalue weighted by Crippen LogP contribution is -2.35. The zero-order valence-electron chi connectivity index (χ0n) is 14.2. The van der Waals surface area contributed by atoms with Crippen LogP contribution in [0.1, 0.15) is 39.5 Å². The smallest absolute Gasteiger partial charge is 0.269 e. The van der Waals surface area contributed by atoms with Crippen molar-refractivity contribution in [1.29, 1.82) is 0 Å². The predicted octanol–water partition coefficient (Wildman–Crippen LogP) is 1.95. The number of rotatable bonds is 10. The highest BCUT2D eigenvalue weighted by Gasteiger charge is 2.17. The molecule has 2 N–H and O–H groups in total. The average Bonchev–Trinajstić information content (AvgIpc) is 2.60. The van der Waals surface area contributed by atoms with Crippen LogP contribution in [0.3, 0.4) is 0 Å². The highest BCUT2D eigenvalue weighted by molar-refractivity contribution is 7.89. The summed E-state index contributed by atoms with van der Waals surface area (Å²) in [6.07, 6.45) is 3.47. The van der Waals surface area contributed by atoms with Crippen LogP contribution >= 0.6 is 0 Å². The summed E-state index contributed by atoms with van der Waals surface area (Å²) in [5.74, 6) is -0.590. The second-order valence-electron chi connectivity index (χ2n) is 5.25. The third-order valence-corrected chi connectivity index (χ3v) is 4.76. The minimum absolute atomic E-state index is 0.161. The van der Waals surface area contributed by atoms with E-state index in [1.165, 1.54) is 0 Å². The van der Waals surface area contributed by atoms with E-state index in [2.05, 4.69) is 22.2 Å². The average molecular weight is 370 g/mol. The summed E-state index contributed by atoms with van der Waals surface area (Å²) in [4.78, 5) is 21.5. The lowest BCUT2D eigenvalue weighted by atomic mass is 10.1. The number of unbranched alkanes of at least 4 members (excludes halogenated alkanes) is 1. The van der Waals surface area contributed by atoms with E-state index in [1.54, 1.807) is 0 Å². The van der Waals surface area contributed by atoms with Gasteiger partial charge in [0.25, 0.3) is 11.6 Å². The number of hydrazone groups is 1. The fraction of sp³-hybridized carbons (Fsp3) is 0.467. The number of amides is 1. The van der Waals surface area contributed by atoms with Crippen LogP contribution in [-0.4, -0.2) is 31.5 Å². The van der Waals surface area contributed by atoms with Crippen molar-refractivity contribution in [2.45, 2.75) is 44.4 Å². The second kappa shape index (κ2) is 9.84. The monoisotopic (exact) mass is 370 g/mol. The van der Waals surface area contributed by atoms with Crippen molar-refractivity contribution in [2.75, 3.05) is 6.54 Å². The molecule has 10 heteroatoms. The summed E-state index contributed by atoms with van der Waals surface area (Å²) < 4.78 is 26.2. The van der Waals surface area contributed by atoms with E-state index in [-0.39, 0.29) is 10.6 Å². The van der Waals surface area contributed by atoms with Crippen molar-refractivity contribution < 1.29 is 18.1 Å². The largest absolute Gasteiger partial charge is 0.272 e. The zero-order valence-corrected chi connectivity index (χ0v) is 15.0. The first-order valence-electron chi connectivity index (χ1n) is 7.88. The van der Waals surface area contributed by atoms with Gasteiger partial charge >= 0.3 is 0 Å². The number of hydrogen-bond acceptors (Lipinski definition) is 6. The summed E-state index contributed by atoms with van der Waals surface area (Å²) in [5.41, 5.74) is 2.95. The number of nitro benzene ring substituents is 1. The lowest BCUT2D eigenvalue weighted by Gasteiger charge is -2.07. The molecule has 1 aromatic rings. The van der Waals surface area contributed by atoms with Gasteiger partial charge in [0.1, 0.15) is 0 Å². The van der Waals surface area contributed by atoms with Crippen LogP contribution in [0.25, 0.3) is 0 Å². The van der Waals surface area contributed by atoms with E-state index >= 15 is 0 Å². The van der Waals surface area contributed by atoms with Gasteiger partial charge < -0.3 is 0 Å². The van der Waals surface area contributed by atoms with Crippen molar-refractivity contribution in [3.8, 4) is 0 Å². The Balaban J connectivity index is 2.61. The molecule has 0 unspecified atom stereocenters. The Labute approximate surface area is 146 Å². The van der Waals surface area contributed by atoms with Crippen LogP contribution < -0.4 is 10.1 Å². The van der Waals surface area contributed by atoms with Crippen molar-refractivity contribution in [3.63, 3.8) is 0 Å². The van der Waals surface area contributed by atoms with E-state index in [1.807, 2.05) is 6.92 Å². The van der Waals surface area contributed by atoms with Gasteiger partial charge in [-0.1, -0.05) is 20.3 Å². The van der Waals surface area contributed by atoms with Crippen LogP contribution in [0.4, 0.5) is 5.69 Å². The maximum absolute atomic E-state index is 12.1. The molecule has 0 aliphatic carbocycles. The molecule has 0 atom stereocenters. The van der Waals surface area contributed by atoms with Crippen molar-refractivity contribution >= 4 is 27.3 Å². The first-order valence-corrected chi connectivity index (χ1v) is 9.36. The number of sulfonamides is 1. The highest BCUT2D eigenvalue weighted by atomic mass is 32.2. The quantitative estimate of drug-likeness (QED) is 0.369. The number of non-ortho nitro benzene ring substituents is 1. The van der Waals surface area contributed by atoms with Gasteiger partial charge in [0, 0.05) is 17.8 Å². The number of carbonyl (C=O) groups excluding carboxylic acids is 1. The molecule has 0 heterocycles. The summed E-state index contributed by atoms with van der Waals surface area (Å²) in [6.45, 7) is 3.50. The number of carbonyl (C=O) groups is 1. The third kappa shape index (κ3) is 6.98. The number of nitrogens with zero attached hydrogens (tertiary/aromatic N) is 2. The van der Waals surface area contributed by atoms with Crippen LogP contribution in [0.5, 0.6) is 0 Å². The number of nitrogens with one attached hydrogen (secondary N) is 2. The molecule has 25 heavy (non-hydrogen) atoms. The van der Waals surface area contributed by atoms with Gasteiger partial charge in [0.15, 0.2) is 0 Å². The fourth-order valence-corrected chi connectivity index (χ4v) is 2.85. The SMILES string of the molecule is CCCC/C(CC)=N\NC(=O)CNS(=O)(=O)c1ccc([N+](=O)[O-])cc1. The van der Waals surface area contributed by atoms with Crippen molar-refractivity contribution in [2.24, 2.45) is 5.10 Å². The normalized spacial score (nSPS) is 12.0. The fourth-order valence-electron chi connectivity index (χ4n) is 1.86. The van der Waals surface area contributed by atoms with E-state index in [0.717, 1.165) is 49.2 Å². The zero-order chi connectivity index (χ0) is 18.9. The molecule has 1 amide bonds. The Morgan fingerprint density at radius 3 is 2.40 bits per heavy atom. The maximum Gasteiger partial charge on any atom is 0.269 e. The molecule has 0 bridgehead atoms. The Morgan fingerprint density at radius 2 is 1.88 bits per heavy atom. The molecule has 0 saturated heterocycles. The topological polar surface area (TPSA) is 131 Å². The summed E-state index contributed by atoms with van der Waals surface area (Å²) in [7, 11) is -3.94. The molecule has 0 radical (unpaired) electrons. The van der Waals surface area contributed by atoms with E-state index in [0.29, 0.717) is 6.42 Å². The molecule has 0 spiro atoms. The first kappa shape index (κ1) is 20.7. The van der Waals surface area contributed by atoms with Crippen molar-refractivity contribution in [1.82, 2.24) is 10.1 Å². The summed E-state index contributed by atoms with van der Waals surface area (Å²) in [6, 6.07) is 4.38. The molecule has 0 aliphatic rings. The number of benzene rings is 1. The second-order valence-corrected chi connectivity index (χ2v) is 7.01. The molecule has 0 saturated carbocycles. The van der Waals surface area contributed by atoms with Gasteiger partial charge in [0.2, 0.25) is 10.0 Å². The van der Waals surface area contributed by atoms with Crippen LogP contribution in [0.2, 0.25) is 0 Å². The summed E-state index contributed by atoms with van der Waals surface area (Å²) >= 11 is 0. The lowest BCUT2D eigenvalue weighted by molar-refractivity contribution is -0.384. The molecule has 0 aromatic heterocycles. The van der Waals surface area contributed by atoms with Crippen LogP contribution in [0, 0.1) is 10.1 Å². The molecular formula is C15H22N4O5S. The van der Waals surface area contributed by atoms with Crippen LogP contribution in [0.15, 0.2) is 34.3 Å². The van der Waals surface area contributed by atoms with E-state index in [9.17, 15) is 23.3 Å². The number of hydrogen-bond donors (Lipinski definition) is 2.